The van der Waals surface area contributed by atoms with E-state index in [1.54, 1.807) is 14.0 Å². The number of hydrogen-bond acceptors (Lipinski definition) is 4. The smallest absolute Gasteiger partial charge is 0.337 e. The van der Waals surface area contributed by atoms with Gasteiger partial charge in [-0.2, -0.15) is 18.2 Å². The summed E-state index contributed by atoms with van der Waals surface area (Å²) in [5, 5.41) is 3.61. The Morgan fingerprint density at radius 1 is 1.27 bits per heavy atom. The molecular formula is C20H18F4N4O2. The summed E-state index contributed by atoms with van der Waals surface area (Å²) in [6.45, 7) is 1.13. The maximum Gasteiger partial charge on any atom is 0.431 e. The summed E-state index contributed by atoms with van der Waals surface area (Å²) >= 11 is 0. The van der Waals surface area contributed by atoms with Gasteiger partial charge >= 0.3 is 6.18 Å². The summed E-state index contributed by atoms with van der Waals surface area (Å²) in [7, 11) is 1.57. The Hall–Kier alpha value is -3.17. The number of nitrogens with zero attached hydrogens (tertiary/aromatic N) is 4. The van der Waals surface area contributed by atoms with E-state index in [1.807, 2.05) is 0 Å². The second-order valence-electron chi connectivity index (χ2n) is 7.27. The minimum atomic E-state index is -4.74. The van der Waals surface area contributed by atoms with Crippen LogP contribution in [-0.2, 0) is 12.7 Å². The molecule has 0 atom stereocenters. The van der Waals surface area contributed by atoms with Gasteiger partial charge in [-0.15, -0.1) is 0 Å². The molecule has 1 aliphatic carbocycles. The van der Waals surface area contributed by atoms with Gasteiger partial charge in [0, 0.05) is 18.7 Å². The van der Waals surface area contributed by atoms with E-state index in [9.17, 15) is 22.4 Å². The topological polar surface area (TPSA) is 64.2 Å². The lowest BCUT2D eigenvalue weighted by molar-refractivity contribution is -0.143. The fourth-order valence-electron chi connectivity index (χ4n) is 3.36. The summed E-state index contributed by atoms with van der Waals surface area (Å²) < 4.78 is 60.9. The molecule has 0 aliphatic heterocycles. The summed E-state index contributed by atoms with van der Waals surface area (Å²) in [5.74, 6) is -0.864. The molecule has 0 radical (unpaired) electrons. The fourth-order valence-corrected chi connectivity index (χ4v) is 3.36. The molecule has 0 bridgehead atoms. The van der Waals surface area contributed by atoms with E-state index in [0.29, 0.717) is 5.56 Å². The van der Waals surface area contributed by atoms with Gasteiger partial charge in [0.15, 0.2) is 5.82 Å². The van der Waals surface area contributed by atoms with Gasteiger partial charge < -0.3 is 14.0 Å². The van der Waals surface area contributed by atoms with Crippen LogP contribution in [-0.4, -0.2) is 38.6 Å². The highest BCUT2D eigenvalue weighted by Gasteiger charge is 2.40. The zero-order valence-corrected chi connectivity index (χ0v) is 16.2. The second kappa shape index (κ2) is 7.26. The lowest BCUT2D eigenvalue weighted by Crippen LogP contribution is -2.32. The average Bonchev–Trinajstić information content (AvgIpc) is 3.35. The Morgan fingerprint density at radius 2 is 1.93 bits per heavy atom. The van der Waals surface area contributed by atoms with Gasteiger partial charge in [0.1, 0.15) is 23.7 Å². The predicted octanol–water partition coefficient (Wildman–Crippen LogP) is 4.29. The van der Waals surface area contributed by atoms with Gasteiger partial charge in [0.25, 0.3) is 5.91 Å². The molecule has 0 saturated heterocycles. The zero-order chi connectivity index (χ0) is 21.6. The Balaban J connectivity index is 1.92. The number of carbonyl (C=O) groups excluding carboxylic acids is 1. The number of alkyl halides is 3. The molecule has 0 N–H and O–H groups in total. The van der Waals surface area contributed by atoms with Crippen molar-refractivity contribution in [2.24, 2.45) is 0 Å². The SMILES string of the molecule is Cc1noc(Cn2c(C(F)(F)F)cc(-c3ccc(F)cc3)c2C(=O)N(C)C2CC2)n1. The minimum absolute atomic E-state index is 0.0121. The molecule has 1 fully saturated rings. The summed E-state index contributed by atoms with van der Waals surface area (Å²) in [6.07, 6.45) is -3.14. The standard InChI is InChI=1S/C20H18F4N4O2/c1-11-25-17(30-26-11)10-28-16(20(22,23)24)9-15(12-3-5-13(21)6-4-12)18(28)19(29)27(2)14-7-8-14/h3-6,9,14H,7-8,10H2,1-2H3. The highest BCUT2D eigenvalue weighted by atomic mass is 19.4. The van der Waals surface area contributed by atoms with Crippen LogP contribution in [0, 0.1) is 12.7 Å². The van der Waals surface area contributed by atoms with Crippen LogP contribution in [0.4, 0.5) is 17.6 Å². The average molecular weight is 422 g/mol. The number of carbonyl (C=O) groups is 1. The third-order valence-electron chi connectivity index (χ3n) is 5.02. The molecular weight excluding hydrogens is 404 g/mol. The Kier molecular flexibility index (Phi) is 4.87. The molecule has 1 saturated carbocycles. The van der Waals surface area contributed by atoms with Crippen LogP contribution in [0.2, 0.25) is 0 Å². The van der Waals surface area contributed by atoms with Crippen LogP contribution < -0.4 is 0 Å². The van der Waals surface area contributed by atoms with Crippen molar-refractivity contribution in [3.05, 3.63) is 59.3 Å². The van der Waals surface area contributed by atoms with Gasteiger partial charge in [0.05, 0.1) is 0 Å². The first-order chi connectivity index (χ1) is 14.1. The van der Waals surface area contributed by atoms with Gasteiger partial charge in [-0.05, 0) is 43.5 Å². The highest BCUT2D eigenvalue weighted by molar-refractivity contribution is 6.00. The van der Waals surface area contributed by atoms with Crippen molar-refractivity contribution in [3.63, 3.8) is 0 Å². The zero-order valence-electron chi connectivity index (χ0n) is 16.2. The number of halogens is 4. The van der Waals surface area contributed by atoms with Crippen LogP contribution in [0.1, 0.15) is 40.7 Å². The molecule has 4 rings (SSSR count). The lowest BCUT2D eigenvalue weighted by Gasteiger charge is -2.20. The van der Waals surface area contributed by atoms with E-state index < -0.39 is 30.1 Å². The Labute approximate surface area is 169 Å². The van der Waals surface area contributed by atoms with E-state index in [0.717, 1.165) is 35.6 Å². The van der Waals surface area contributed by atoms with Gasteiger partial charge in [-0.1, -0.05) is 17.3 Å². The minimum Gasteiger partial charge on any atom is -0.337 e. The van der Waals surface area contributed by atoms with Gasteiger partial charge in [0.2, 0.25) is 5.89 Å². The first-order valence-corrected chi connectivity index (χ1v) is 9.28. The molecule has 1 amide bonds. The Bertz CT molecular complexity index is 1080. The summed E-state index contributed by atoms with van der Waals surface area (Å²) in [6, 6.07) is 5.87. The first-order valence-electron chi connectivity index (χ1n) is 9.28. The molecule has 2 heterocycles. The second-order valence-corrected chi connectivity index (χ2v) is 7.27. The number of amides is 1. The maximum absolute atomic E-state index is 13.9. The van der Waals surface area contributed by atoms with Crippen molar-refractivity contribution in [2.45, 2.75) is 38.5 Å². The summed E-state index contributed by atoms with van der Waals surface area (Å²) in [4.78, 5) is 18.7. The van der Waals surface area contributed by atoms with E-state index in [2.05, 4.69) is 10.1 Å². The van der Waals surface area contributed by atoms with Crippen molar-refractivity contribution < 1.29 is 26.9 Å². The lowest BCUT2D eigenvalue weighted by atomic mass is 10.0. The van der Waals surface area contributed by atoms with E-state index in [1.165, 1.54) is 17.0 Å². The van der Waals surface area contributed by atoms with E-state index in [-0.39, 0.29) is 29.0 Å². The molecule has 158 valence electrons. The van der Waals surface area contributed by atoms with Crippen molar-refractivity contribution in [3.8, 4) is 11.1 Å². The third-order valence-corrected chi connectivity index (χ3v) is 5.02. The van der Waals surface area contributed by atoms with Crippen molar-refractivity contribution in [2.75, 3.05) is 7.05 Å². The number of benzene rings is 1. The molecule has 1 aromatic carbocycles. The predicted molar refractivity (Wildman–Crippen MR) is 98.1 cm³/mol. The van der Waals surface area contributed by atoms with Crippen LogP contribution in [0.25, 0.3) is 11.1 Å². The van der Waals surface area contributed by atoms with Crippen molar-refractivity contribution in [1.82, 2.24) is 19.6 Å². The van der Waals surface area contributed by atoms with Gasteiger partial charge in [-0.3, -0.25) is 4.79 Å². The molecule has 3 aromatic rings. The molecule has 1 aliphatic rings. The van der Waals surface area contributed by atoms with Crippen LogP contribution >= 0.6 is 0 Å². The highest BCUT2D eigenvalue weighted by Crippen LogP contribution is 2.39. The van der Waals surface area contributed by atoms with E-state index >= 15 is 0 Å². The van der Waals surface area contributed by atoms with E-state index in [4.69, 9.17) is 4.52 Å². The largest absolute Gasteiger partial charge is 0.431 e. The number of hydrogen-bond donors (Lipinski definition) is 0. The van der Waals surface area contributed by atoms with Crippen LogP contribution in [0.15, 0.2) is 34.9 Å². The number of rotatable bonds is 5. The maximum atomic E-state index is 13.9. The summed E-state index contributed by atoms with van der Waals surface area (Å²) in [5.41, 5.74) is -0.810. The monoisotopic (exact) mass is 422 g/mol. The fraction of sp³-hybridized carbons (Fsp3) is 0.350. The molecule has 10 heteroatoms. The molecule has 2 aromatic heterocycles. The Morgan fingerprint density at radius 3 is 2.47 bits per heavy atom. The van der Waals surface area contributed by atoms with Crippen molar-refractivity contribution >= 4 is 5.91 Å². The molecule has 6 nitrogen and oxygen atoms in total. The first kappa shape index (κ1) is 20.1. The molecule has 0 unspecified atom stereocenters. The number of aryl methyl sites for hydroxylation is 1. The third kappa shape index (κ3) is 3.81. The molecule has 0 spiro atoms. The quantitative estimate of drug-likeness (QED) is 0.576. The van der Waals surface area contributed by atoms with Crippen LogP contribution in [0.5, 0.6) is 0 Å². The van der Waals surface area contributed by atoms with Gasteiger partial charge in [-0.25, -0.2) is 4.39 Å². The number of aromatic nitrogens is 3. The normalized spacial score (nSPS) is 14.2. The molecule has 30 heavy (non-hydrogen) atoms. The van der Waals surface area contributed by atoms with Crippen molar-refractivity contribution in [1.29, 1.82) is 0 Å². The van der Waals surface area contributed by atoms with Crippen LogP contribution in [0.3, 0.4) is 0 Å².